The van der Waals surface area contributed by atoms with E-state index in [9.17, 15) is 0 Å². The van der Waals surface area contributed by atoms with Crippen molar-refractivity contribution in [1.29, 1.82) is 0 Å². The van der Waals surface area contributed by atoms with Crippen LogP contribution in [-0.4, -0.2) is 52.3 Å². The lowest BCUT2D eigenvalue weighted by atomic mass is 10.1. The zero-order valence-electron chi connectivity index (χ0n) is 12.9. The van der Waals surface area contributed by atoms with E-state index in [4.69, 9.17) is 4.42 Å². The summed E-state index contributed by atoms with van der Waals surface area (Å²) in [7, 11) is 0. The summed E-state index contributed by atoms with van der Waals surface area (Å²) < 4.78 is 6.02. The quantitative estimate of drug-likeness (QED) is 0.788. The first kappa shape index (κ1) is 13.1. The highest BCUT2D eigenvalue weighted by Gasteiger charge is 2.31. The fourth-order valence-electron chi connectivity index (χ4n) is 3.77. The normalized spacial score (nSPS) is 24.3. The average Bonchev–Trinajstić information content (AvgIpc) is 3.17. The molecule has 0 radical (unpaired) electrons. The molecule has 3 aliphatic rings. The van der Waals surface area contributed by atoms with Crippen LogP contribution in [0.4, 0.5) is 6.01 Å². The van der Waals surface area contributed by atoms with E-state index in [1.807, 2.05) is 12.3 Å². The molecule has 0 spiro atoms. The molecule has 6 heteroatoms. The molecule has 0 atom stereocenters. The monoisotopic (exact) mass is 309 g/mol. The number of piperidine rings is 1. The van der Waals surface area contributed by atoms with E-state index in [1.165, 1.54) is 25.9 Å². The molecule has 0 amide bonds. The number of H-pyrrole nitrogens is 1. The zero-order valence-corrected chi connectivity index (χ0v) is 12.9. The first-order valence-electron chi connectivity index (χ1n) is 8.27. The van der Waals surface area contributed by atoms with Crippen LogP contribution in [0.1, 0.15) is 12.8 Å². The Labute approximate surface area is 134 Å². The van der Waals surface area contributed by atoms with Gasteiger partial charge in [0.25, 0.3) is 0 Å². The lowest BCUT2D eigenvalue weighted by Gasteiger charge is -2.29. The van der Waals surface area contributed by atoms with Gasteiger partial charge in [0.15, 0.2) is 0 Å². The third kappa shape index (κ3) is 2.21. The molecule has 118 valence electrons. The molecule has 0 aliphatic carbocycles. The van der Waals surface area contributed by atoms with Gasteiger partial charge in [-0.3, -0.25) is 0 Å². The fraction of sp³-hybridized carbons (Fsp3) is 0.412. The van der Waals surface area contributed by atoms with Crippen LogP contribution in [0.3, 0.4) is 0 Å². The number of nitrogens with zero attached hydrogens (tertiary/aromatic N) is 4. The Hall–Kier alpha value is -2.34. The number of hydrogen-bond donors (Lipinski definition) is 1. The molecule has 2 bridgehead atoms. The first-order valence-corrected chi connectivity index (χ1v) is 8.27. The molecule has 3 saturated heterocycles. The van der Waals surface area contributed by atoms with Crippen LogP contribution in [0.5, 0.6) is 0 Å². The van der Waals surface area contributed by atoms with Crippen LogP contribution in [0, 0.1) is 0 Å². The fourth-order valence-corrected chi connectivity index (χ4v) is 3.77. The Bertz CT molecular complexity index is 830. The summed E-state index contributed by atoms with van der Waals surface area (Å²) in [6.07, 6.45) is 4.32. The van der Waals surface area contributed by atoms with E-state index in [-0.39, 0.29) is 0 Å². The van der Waals surface area contributed by atoms with Crippen molar-refractivity contribution in [3.05, 3.63) is 30.5 Å². The second-order valence-electron chi connectivity index (χ2n) is 6.44. The van der Waals surface area contributed by atoms with E-state index in [1.54, 1.807) is 0 Å². The summed E-state index contributed by atoms with van der Waals surface area (Å²) >= 11 is 0. The van der Waals surface area contributed by atoms with E-state index >= 15 is 0 Å². The van der Waals surface area contributed by atoms with Crippen molar-refractivity contribution in [2.75, 3.05) is 31.1 Å². The third-order valence-corrected chi connectivity index (χ3v) is 5.12. The van der Waals surface area contributed by atoms with Crippen molar-refractivity contribution >= 4 is 16.9 Å². The number of benzene rings is 1. The van der Waals surface area contributed by atoms with Gasteiger partial charge in [-0.1, -0.05) is 5.10 Å². The maximum Gasteiger partial charge on any atom is 0.318 e. The van der Waals surface area contributed by atoms with Crippen molar-refractivity contribution in [1.82, 2.24) is 20.1 Å². The van der Waals surface area contributed by atoms with Crippen molar-refractivity contribution < 1.29 is 4.42 Å². The molecular formula is C17H19N5O. The smallest absolute Gasteiger partial charge is 0.318 e. The molecular weight excluding hydrogens is 290 g/mol. The van der Waals surface area contributed by atoms with Crippen molar-refractivity contribution in [2.45, 2.75) is 18.9 Å². The number of fused-ring (bicyclic) bond motifs is 5. The molecule has 1 N–H and O–H groups in total. The second-order valence-corrected chi connectivity index (χ2v) is 6.44. The predicted octanol–water partition coefficient (Wildman–Crippen LogP) is 2.50. The van der Waals surface area contributed by atoms with Gasteiger partial charge in [-0.15, -0.1) is 5.10 Å². The first-order chi connectivity index (χ1) is 11.4. The van der Waals surface area contributed by atoms with Gasteiger partial charge in [0.05, 0.1) is 0 Å². The van der Waals surface area contributed by atoms with Crippen LogP contribution >= 0.6 is 0 Å². The van der Waals surface area contributed by atoms with E-state index < -0.39 is 0 Å². The Morgan fingerprint density at radius 1 is 1.04 bits per heavy atom. The molecule has 3 aromatic rings. The lowest BCUT2D eigenvalue weighted by molar-refractivity contribution is 0.249. The van der Waals surface area contributed by atoms with E-state index in [0.29, 0.717) is 17.9 Å². The van der Waals surface area contributed by atoms with Crippen LogP contribution in [0.2, 0.25) is 0 Å². The molecule has 3 fully saturated rings. The van der Waals surface area contributed by atoms with Crippen molar-refractivity contribution in [2.24, 2.45) is 0 Å². The molecule has 0 unspecified atom stereocenters. The second kappa shape index (κ2) is 5.09. The van der Waals surface area contributed by atoms with E-state index in [0.717, 1.165) is 29.6 Å². The van der Waals surface area contributed by atoms with Gasteiger partial charge in [-0.2, -0.15) is 0 Å². The summed E-state index contributed by atoms with van der Waals surface area (Å²) in [5.41, 5.74) is 2.09. The Kier molecular flexibility index (Phi) is 2.91. The van der Waals surface area contributed by atoms with Crippen molar-refractivity contribution in [3.8, 4) is 11.5 Å². The summed E-state index contributed by atoms with van der Waals surface area (Å²) in [6, 6.07) is 9.42. The minimum atomic E-state index is 0.536. The highest BCUT2D eigenvalue weighted by molar-refractivity contribution is 5.83. The summed E-state index contributed by atoms with van der Waals surface area (Å²) in [4.78, 5) is 8.03. The number of rotatable bonds is 2. The predicted molar refractivity (Wildman–Crippen MR) is 88.4 cm³/mol. The Morgan fingerprint density at radius 3 is 2.87 bits per heavy atom. The highest BCUT2D eigenvalue weighted by Crippen LogP contribution is 2.29. The highest BCUT2D eigenvalue weighted by atomic mass is 16.4. The summed E-state index contributed by atoms with van der Waals surface area (Å²) in [6.45, 7) is 4.44. The maximum atomic E-state index is 6.02. The minimum Gasteiger partial charge on any atom is -0.403 e. The van der Waals surface area contributed by atoms with Gasteiger partial charge in [0, 0.05) is 54.9 Å². The van der Waals surface area contributed by atoms with Gasteiger partial charge in [-0.25, -0.2) is 0 Å². The van der Waals surface area contributed by atoms with Crippen LogP contribution in [0.15, 0.2) is 34.9 Å². The minimum absolute atomic E-state index is 0.536. The van der Waals surface area contributed by atoms with Gasteiger partial charge < -0.3 is 19.2 Å². The molecule has 0 saturated carbocycles. The van der Waals surface area contributed by atoms with Gasteiger partial charge in [0.1, 0.15) is 0 Å². The van der Waals surface area contributed by atoms with E-state index in [2.05, 4.69) is 43.2 Å². The standard InChI is InChI=1S/C17H19N5O/c1-2-15-12(3-6-18-15)11-13(1)16-19-20-17(23-16)22-10-9-21-7-4-14(22)5-8-21/h1-3,6,11,14,18H,4-5,7-10H2. The molecule has 2 aromatic heterocycles. The molecule has 6 nitrogen and oxygen atoms in total. The largest absolute Gasteiger partial charge is 0.403 e. The van der Waals surface area contributed by atoms with Gasteiger partial charge in [-0.05, 0) is 37.1 Å². The Balaban J connectivity index is 1.47. The molecule has 5 heterocycles. The number of aromatic nitrogens is 3. The third-order valence-electron chi connectivity index (χ3n) is 5.12. The average molecular weight is 309 g/mol. The zero-order chi connectivity index (χ0) is 15.2. The molecule has 1 aromatic carbocycles. The maximum absolute atomic E-state index is 6.02. The molecule has 6 rings (SSSR count). The summed E-state index contributed by atoms with van der Waals surface area (Å²) in [5, 5.41) is 9.76. The summed E-state index contributed by atoms with van der Waals surface area (Å²) in [5.74, 6) is 0.599. The Morgan fingerprint density at radius 2 is 1.96 bits per heavy atom. The molecule has 3 aliphatic heterocycles. The SMILES string of the molecule is c1cc2cc(-c3nnc(N4CCN5CCC4CC5)o3)ccc2[nH]1. The van der Waals surface area contributed by atoms with Gasteiger partial charge in [0.2, 0.25) is 5.89 Å². The van der Waals surface area contributed by atoms with Gasteiger partial charge >= 0.3 is 6.01 Å². The number of hydrogen-bond acceptors (Lipinski definition) is 5. The topological polar surface area (TPSA) is 61.2 Å². The molecule has 23 heavy (non-hydrogen) atoms. The van der Waals surface area contributed by atoms with Crippen LogP contribution < -0.4 is 4.90 Å². The number of aromatic amines is 1. The number of nitrogens with one attached hydrogen (secondary N) is 1. The van der Waals surface area contributed by atoms with Crippen molar-refractivity contribution in [3.63, 3.8) is 0 Å². The van der Waals surface area contributed by atoms with Crippen LogP contribution in [0.25, 0.3) is 22.4 Å². The number of anilines is 1. The van der Waals surface area contributed by atoms with Crippen LogP contribution in [-0.2, 0) is 0 Å². The lowest BCUT2D eigenvalue weighted by Crippen LogP contribution is -2.38.